The number of nitrogens with zero attached hydrogens (tertiary/aromatic N) is 3. The molecule has 0 fully saturated rings. The summed E-state index contributed by atoms with van der Waals surface area (Å²) in [5.41, 5.74) is 1.55. The van der Waals surface area contributed by atoms with Crippen LogP contribution in [0, 0.1) is 0 Å². The predicted octanol–water partition coefficient (Wildman–Crippen LogP) is 1.89. The number of aliphatic imine (C=N–C) groups is 1. The third-order valence-electron chi connectivity index (χ3n) is 3.27. The summed E-state index contributed by atoms with van der Waals surface area (Å²) < 4.78 is 5.28. The maximum absolute atomic E-state index is 11.9. The highest BCUT2D eigenvalue weighted by atomic mass is 16.5. The molecule has 0 radical (unpaired) electrons. The second-order valence-corrected chi connectivity index (χ2v) is 5.71. The number of aromatic nitrogens is 2. The number of rotatable bonds is 7. The van der Waals surface area contributed by atoms with E-state index in [4.69, 9.17) is 4.52 Å². The molecule has 3 N–H and O–H groups in total. The van der Waals surface area contributed by atoms with Gasteiger partial charge in [-0.3, -0.25) is 9.78 Å². The highest BCUT2D eigenvalue weighted by Crippen LogP contribution is 2.13. The van der Waals surface area contributed by atoms with E-state index in [2.05, 4.69) is 44.9 Å². The van der Waals surface area contributed by atoms with Crippen molar-refractivity contribution < 1.29 is 9.32 Å². The number of carbonyl (C=O) groups excluding carboxylic acids is 1. The molecule has 8 heteroatoms. The van der Waals surface area contributed by atoms with Gasteiger partial charge in [-0.05, 0) is 25.0 Å². The molecule has 1 amide bonds. The second-order valence-electron chi connectivity index (χ2n) is 5.71. The first kappa shape index (κ1) is 18.4. The topological polar surface area (TPSA) is 104 Å². The van der Waals surface area contributed by atoms with Crippen molar-refractivity contribution in [2.45, 2.75) is 33.2 Å². The lowest BCUT2D eigenvalue weighted by Crippen LogP contribution is -2.37. The number of hydrogen-bond donors (Lipinski definition) is 3. The quantitative estimate of drug-likeness (QED) is 0.523. The van der Waals surface area contributed by atoms with Gasteiger partial charge < -0.3 is 20.5 Å². The molecular formula is C17H24N6O2. The number of hydrogen-bond acceptors (Lipinski definition) is 5. The lowest BCUT2D eigenvalue weighted by atomic mass is 10.1. The van der Waals surface area contributed by atoms with E-state index in [1.54, 1.807) is 24.5 Å². The Morgan fingerprint density at radius 1 is 1.36 bits per heavy atom. The van der Waals surface area contributed by atoms with Gasteiger partial charge >= 0.3 is 0 Å². The third kappa shape index (κ3) is 6.25. The van der Waals surface area contributed by atoms with Crippen molar-refractivity contribution in [1.29, 1.82) is 0 Å². The molecule has 2 heterocycles. The number of amides is 1. The Kier molecular flexibility index (Phi) is 6.94. The van der Waals surface area contributed by atoms with E-state index in [1.807, 2.05) is 13.0 Å². The van der Waals surface area contributed by atoms with Gasteiger partial charge in [0.15, 0.2) is 11.7 Å². The molecule has 134 valence electrons. The Morgan fingerprint density at radius 2 is 2.20 bits per heavy atom. The molecule has 0 spiro atoms. The lowest BCUT2D eigenvalue weighted by molar-refractivity contribution is -0.114. The molecule has 25 heavy (non-hydrogen) atoms. The van der Waals surface area contributed by atoms with Crippen LogP contribution in [0.25, 0.3) is 0 Å². The van der Waals surface area contributed by atoms with Crippen LogP contribution in [0.4, 0.5) is 5.69 Å². The summed E-state index contributed by atoms with van der Waals surface area (Å²) in [5, 5.41) is 13.0. The molecule has 0 saturated carbocycles. The normalized spacial score (nSPS) is 11.4. The van der Waals surface area contributed by atoms with E-state index in [0.29, 0.717) is 36.4 Å². The number of guanidine groups is 1. The molecule has 0 atom stereocenters. The first-order valence-corrected chi connectivity index (χ1v) is 8.26. The summed E-state index contributed by atoms with van der Waals surface area (Å²) in [6.45, 7) is 7.19. The minimum atomic E-state index is -0.216. The Balaban J connectivity index is 1.87. The van der Waals surface area contributed by atoms with E-state index in [9.17, 15) is 4.79 Å². The minimum absolute atomic E-state index is 0.00211. The molecule has 0 saturated heterocycles. The Hall–Kier alpha value is -2.90. The lowest BCUT2D eigenvalue weighted by Gasteiger charge is -2.10. The highest BCUT2D eigenvalue weighted by molar-refractivity contribution is 5.93. The SMILES string of the molecule is CCNC(=NCC(=O)Nc1cccnc1)NCc1cc(C(C)C)no1. The molecule has 2 aromatic heterocycles. The largest absolute Gasteiger partial charge is 0.359 e. The summed E-state index contributed by atoms with van der Waals surface area (Å²) in [5.74, 6) is 1.35. The fourth-order valence-electron chi connectivity index (χ4n) is 1.99. The number of carbonyl (C=O) groups is 1. The van der Waals surface area contributed by atoms with Gasteiger partial charge in [-0.1, -0.05) is 19.0 Å². The molecule has 2 rings (SSSR count). The summed E-state index contributed by atoms with van der Waals surface area (Å²) in [7, 11) is 0. The van der Waals surface area contributed by atoms with Crippen molar-refractivity contribution in [2.24, 2.45) is 4.99 Å². The van der Waals surface area contributed by atoms with Crippen LogP contribution in [0.1, 0.15) is 38.1 Å². The first-order chi connectivity index (χ1) is 12.1. The zero-order chi connectivity index (χ0) is 18.1. The second kappa shape index (κ2) is 9.41. The summed E-state index contributed by atoms with van der Waals surface area (Å²) in [6, 6.07) is 5.44. The van der Waals surface area contributed by atoms with E-state index < -0.39 is 0 Å². The van der Waals surface area contributed by atoms with E-state index in [1.165, 1.54) is 0 Å². The van der Waals surface area contributed by atoms with Crippen LogP contribution in [0.5, 0.6) is 0 Å². The van der Waals surface area contributed by atoms with Gasteiger partial charge in [0.1, 0.15) is 6.54 Å². The van der Waals surface area contributed by atoms with Crippen LogP contribution in [0.15, 0.2) is 40.1 Å². The van der Waals surface area contributed by atoms with Crippen molar-refractivity contribution in [2.75, 3.05) is 18.4 Å². The van der Waals surface area contributed by atoms with Crippen LogP contribution in [0.3, 0.4) is 0 Å². The standard InChI is InChI=1S/C17H24N6O2/c1-4-19-17(20-10-14-8-15(12(2)3)23-25-14)21-11-16(24)22-13-6-5-7-18-9-13/h5-9,12H,4,10-11H2,1-3H3,(H,22,24)(H2,19,20,21). The fraction of sp³-hybridized carbons (Fsp3) is 0.412. The van der Waals surface area contributed by atoms with Crippen LogP contribution < -0.4 is 16.0 Å². The minimum Gasteiger partial charge on any atom is -0.359 e. The van der Waals surface area contributed by atoms with Crippen LogP contribution in [-0.2, 0) is 11.3 Å². The van der Waals surface area contributed by atoms with Crippen LogP contribution in [0.2, 0.25) is 0 Å². The highest BCUT2D eigenvalue weighted by Gasteiger charge is 2.08. The Morgan fingerprint density at radius 3 is 2.84 bits per heavy atom. The van der Waals surface area contributed by atoms with Gasteiger partial charge in [-0.25, -0.2) is 4.99 Å². The van der Waals surface area contributed by atoms with E-state index in [-0.39, 0.29) is 12.5 Å². The smallest absolute Gasteiger partial charge is 0.246 e. The van der Waals surface area contributed by atoms with Gasteiger partial charge in [-0.2, -0.15) is 0 Å². The van der Waals surface area contributed by atoms with Crippen molar-refractivity contribution in [3.63, 3.8) is 0 Å². The van der Waals surface area contributed by atoms with Gasteiger partial charge in [0.2, 0.25) is 5.91 Å². The predicted molar refractivity (Wildman–Crippen MR) is 96.3 cm³/mol. The van der Waals surface area contributed by atoms with E-state index >= 15 is 0 Å². The average Bonchev–Trinajstić information content (AvgIpc) is 3.07. The van der Waals surface area contributed by atoms with Crippen molar-refractivity contribution >= 4 is 17.6 Å². The average molecular weight is 344 g/mol. The Labute approximate surface area is 147 Å². The van der Waals surface area contributed by atoms with Crippen molar-refractivity contribution in [3.05, 3.63) is 42.0 Å². The maximum Gasteiger partial charge on any atom is 0.246 e. The van der Waals surface area contributed by atoms with Gasteiger partial charge in [-0.15, -0.1) is 0 Å². The monoisotopic (exact) mass is 344 g/mol. The summed E-state index contributed by atoms with van der Waals surface area (Å²) in [6.07, 6.45) is 3.23. The molecule has 0 aliphatic carbocycles. The Bertz CT molecular complexity index is 696. The third-order valence-corrected chi connectivity index (χ3v) is 3.27. The summed E-state index contributed by atoms with van der Waals surface area (Å²) >= 11 is 0. The zero-order valence-corrected chi connectivity index (χ0v) is 14.7. The molecule has 0 unspecified atom stereocenters. The van der Waals surface area contributed by atoms with Gasteiger partial charge in [0.25, 0.3) is 0 Å². The molecule has 2 aromatic rings. The molecule has 0 bridgehead atoms. The molecular weight excluding hydrogens is 320 g/mol. The zero-order valence-electron chi connectivity index (χ0n) is 14.7. The fourth-order valence-corrected chi connectivity index (χ4v) is 1.99. The van der Waals surface area contributed by atoms with Gasteiger partial charge in [0.05, 0.1) is 24.1 Å². The van der Waals surface area contributed by atoms with Crippen molar-refractivity contribution in [3.8, 4) is 0 Å². The van der Waals surface area contributed by atoms with Crippen LogP contribution in [-0.4, -0.2) is 35.1 Å². The maximum atomic E-state index is 11.9. The van der Waals surface area contributed by atoms with Crippen LogP contribution >= 0.6 is 0 Å². The van der Waals surface area contributed by atoms with Gasteiger partial charge in [0, 0.05) is 18.8 Å². The number of nitrogens with one attached hydrogen (secondary N) is 3. The molecule has 0 aromatic carbocycles. The number of pyridine rings is 1. The molecule has 8 nitrogen and oxygen atoms in total. The molecule has 0 aliphatic rings. The molecule has 0 aliphatic heterocycles. The van der Waals surface area contributed by atoms with Crippen molar-refractivity contribution in [1.82, 2.24) is 20.8 Å². The number of anilines is 1. The summed E-state index contributed by atoms with van der Waals surface area (Å²) in [4.78, 5) is 20.2. The first-order valence-electron chi connectivity index (χ1n) is 8.26. The van der Waals surface area contributed by atoms with E-state index in [0.717, 1.165) is 5.69 Å².